The highest BCUT2D eigenvalue weighted by Crippen LogP contribution is 2.33. The monoisotopic (exact) mass is 407 g/mol. The Hall–Kier alpha value is -4.43. The van der Waals surface area contributed by atoms with E-state index in [4.69, 9.17) is 6.42 Å². The van der Waals surface area contributed by atoms with Crippen molar-refractivity contribution < 1.29 is 4.79 Å². The van der Waals surface area contributed by atoms with Gasteiger partial charge < -0.3 is 4.90 Å². The van der Waals surface area contributed by atoms with Crippen molar-refractivity contribution in [1.29, 1.82) is 5.26 Å². The molecule has 0 bridgehead atoms. The van der Waals surface area contributed by atoms with E-state index in [0.29, 0.717) is 18.7 Å². The lowest BCUT2D eigenvalue weighted by molar-refractivity contribution is -0.118. The molecule has 5 rings (SSSR count). The Balaban J connectivity index is 1.53. The molecular weight excluding hydrogens is 390 g/mol. The molecule has 8 heteroatoms. The van der Waals surface area contributed by atoms with Gasteiger partial charge in [0.2, 0.25) is 5.78 Å². The van der Waals surface area contributed by atoms with E-state index in [0.717, 1.165) is 33.6 Å². The Labute approximate surface area is 178 Å². The van der Waals surface area contributed by atoms with Crippen LogP contribution in [0.3, 0.4) is 0 Å². The molecule has 1 aliphatic rings. The first-order chi connectivity index (χ1) is 15.1. The second kappa shape index (κ2) is 7.12. The molecule has 1 saturated heterocycles. The van der Waals surface area contributed by atoms with E-state index in [1.54, 1.807) is 27.8 Å². The third kappa shape index (κ3) is 3.11. The van der Waals surface area contributed by atoms with E-state index < -0.39 is 0 Å². The van der Waals surface area contributed by atoms with Crippen molar-refractivity contribution in [3.63, 3.8) is 0 Å². The number of carbonyl (C=O) groups is 1. The second-order valence-electron chi connectivity index (χ2n) is 7.52. The summed E-state index contributed by atoms with van der Waals surface area (Å²) in [6, 6.07) is 8.13. The van der Waals surface area contributed by atoms with Crippen LogP contribution in [0, 0.1) is 29.6 Å². The van der Waals surface area contributed by atoms with E-state index in [1.165, 1.54) is 0 Å². The zero-order valence-corrected chi connectivity index (χ0v) is 16.7. The third-order valence-corrected chi connectivity index (χ3v) is 5.55. The number of rotatable bonds is 4. The molecule has 31 heavy (non-hydrogen) atoms. The molecule has 4 aromatic heterocycles. The van der Waals surface area contributed by atoms with Crippen LogP contribution in [-0.4, -0.2) is 43.3 Å². The van der Waals surface area contributed by atoms with E-state index >= 15 is 0 Å². The number of nitriles is 1. The Morgan fingerprint density at radius 1 is 1.13 bits per heavy atom. The van der Waals surface area contributed by atoms with Crippen molar-refractivity contribution in [2.24, 2.45) is 13.0 Å². The number of hydrogen-bond acceptors (Lipinski definition) is 6. The molecule has 1 aliphatic heterocycles. The predicted molar refractivity (Wildman–Crippen MR) is 115 cm³/mol. The fourth-order valence-electron chi connectivity index (χ4n) is 3.83. The number of ketones is 1. The third-order valence-electron chi connectivity index (χ3n) is 5.55. The number of hydrogen-bond donors (Lipinski definition) is 0. The average molecular weight is 407 g/mol. The van der Waals surface area contributed by atoms with Crippen LogP contribution in [0.25, 0.3) is 27.8 Å². The first-order valence-corrected chi connectivity index (χ1v) is 9.69. The highest BCUT2D eigenvalue weighted by molar-refractivity contribution is 5.98. The van der Waals surface area contributed by atoms with E-state index in [2.05, 4.69) is 27.2 Å². The number of anilines is 1. The molecular formula is C23H17N7O. The van der Waals surface area contributed by atoms with Crippen molar-refractivity contribution >= 4 is 17.1 Å². The number of pyridine rings is 2. The maximum atomic E-state index is 11.6. The minimum Gasteiger partial charge on any atom is -0.355 e. The second-order valence-corrected chi connectivity index (χ2v) is 7.52. The van der Waals surface area contributed by atoms with E-state index in [-0.39, 0.29) is 11.7 Å². The van der Waals surface area contributed by atoms with Gasteiger partial charge in [0, 0.05) is 61.0 Å². The Morgan fingerprint density at radius 2 is 1.97 bits per heavy atom. The fourth-order valence-corrected chi connectivity index (χ4v) is 3.83. The fraction of sp³-hybridized carbons (Fsp3) is 0.174. The number of aryl methyl sites for hydroxylation is 1. The summed E-state index contributed by atoms with van der Waals surface area (Å²) in [6.07, 6.45) is 14.2. The molecule has 0 unspecified atom stereocenters. The molecule has 0 aromatic carbocycles. The molecule has 0 amide bonds. The Bertz CT molecular complexity index is 1390. The van der Waals surface area contributed by atoms with Crippen LogP contribution in [0.1, 0.15) is 5.56 Å². The SMILES string of the molecule is C#CC(=O)C1CN(c2ccc(-c3cc(-c4cnn(C)c4)cn4ncc(C#N)c34)cn2)C1. The molecule has 5 heterocycles. The van der Waals surface area contributed by atoms with Crippen molar-refractivity contribution in [2.45, 2.75) is 0 Å². The topological polar surface area (TPSA) is 92.1 Å². The summed E-state index contributed by atoms with van der Waals surface area (Å²) >= 11 is 0. The van der Waals surface area contributed by atoms with Gasteiger partial charge in [0.05, 0.1) is 29.4 Å². The van der Waals surface area contributed by atoms with Crippen LogP contribution in [-0.2, 0) is 11.8 Å². The van der Waals surface area contributed by atoms with Gasteiger partial charge in [0.1, 0.15) is 11.9 Å². The quantitative estimate of drug-likeness (QED) is 0.381. The lowest BCUT2D eigenvalue weighted by Crippen LogP contribution is -2.50. The van der Waals surface area contributed by atoms with Crippen molar-refractivity contribution in [3.8, 4) is 40.7 Å². The van der Waals surface area contributed by atoms with Crippen LogP contribution in [0.2, 0.25) is 0 Å². The molecule has 0 atom stereocenters. The summed E-state index contributed by atoms with van der Waals surface area (Å²) in [5.41, 5.74) is 4.84. The molecule has 8 nitrogen and oxygen atoms in total. The van der Waals surface area contributed by atoms with Gasteiger partial charge in [-0.25, -0.2) is 9.50 Å². The zero-order chi connectivity index (χ0) is 21.5. The largest absolute Gasteiger partial charge is 0.355 e. The van der Waals surface area contributed by atoms with Gasteiger partial charge in [-0.15, -0.1) is 6.42 Å². The minimum atomic E-state index is -0.160. The summed E-state index contributed by atoms with van der Waals surface area (Å²) in [7, 11) is 1.87. The maximum absolute atomic E-state index is 11.6. The minimum absolute atomic E-state index is 0.118. The van der Waals surface area contributed by atoms with Crippen LogP contribution in [0.15, 0.2) is 49.2 Å². The summed E-state index contributed by atoms with van der Waals surface area (Å²) in [5, 5.41) is 18.2. The molecule has 4 aromatic rings. The van der Waals surface area contributed by atoms with Gasteiger partial charge >= 0.3 is 0 Å². The van der Waals surface area contributed by atoms with Gasteiger partial charge in [-0.2, -0.15) is 15.5 Å². The predicted octanol–water partition coefficient (Wildman–Crippen LogP) is 2.31. The van der Waals surface area contributed by atoms with Gasteiger partial charge in [-0.05, 0) is 24.1 Å². The van der Waals surface area contributed by atoms with Gasteiger partial charge in [0.15, 0.2) is 0 Å². The standard InChI is InChI=1S/C23H17N7O/c1-3-21(31)19-12-29(13-19)22-5-4-15(8-25-22)20-6-16(18-10-26-28(2)11-18)14-30-23(20)17(7-24)9-27-30/h1,4-6,8-11,14,19H,12-13H2,2H3. The first kappa shape index (κ1) is 18.6. The van der Waals surface area contributed by atoms with E-state index in [9.17, 15) is 10.1 Å². The summed E-state index contributed by atoms with van der Waals surface area (Å²) in [4.78, 5) is 18.2. The molecule has 150 valence electrons. The van der Waals surface area contributed by atoms with Crippen LogP contribution in [0.5, 0.6) is 0 Å². The number of Topliss-reactive ketones (excluding diaryl/α,β-unsaturated/α-hetero) is 1. The number of terminal acetylenes is 1. The lowest BCUT2D eigenvalue weighted by Gasteiger charge is -2.38. The number of carbonyl (C=O) groups excluding carboxylic acids is 1. The molecule has 0 N–H and O–H groups in total. The zero-order valence-electron chi connectivity index (χ0n) is 16.7. The first-order valence-electron chi connectivity index (χ1n) is 9.69. The van der Waals surface area contributed by atoms with Crippen LogP contribution < -0.4 is 4.90 Å². The summed E-state index contributed by atoms with van der Waals surface area (Å²) in [5.74, 6) is 2.70. The lowest BCUT2D eigenvalue weighted by atomic mass is 9.95. The van der Waals surface area contributed by atoms with Crippen LogP contribution in [0.4, 0.5) is 5.82 Å². The van der Waals surface area contributed by atoms with Crippen molar-refractivity contribution in [3.05, 3.63) is 54.7 Å². The summed E-state index contributed by atoms with van der Waals surface area (Å²) in [6.45, 7) is 1.16. The van der Waals surface area contributed by atoms with Gasteiger partial charge in [-0.3, -0.25) is 9.48 Å². The number of fused-ring (bicyclic) bond motifs is 1. The molecule has 0 spiro atoms. The maximum Gasteiger partial charge on any atom is 0.211 e. The van der Waals surface area contributed by atoms with Crippen LogP contribution >= 0.6 is 0 Å². The number of nitrogens with zero attached hydrogens (tertiary/aromatic N) is 7. The Kier molecular flexibility index (Phi) is 4.27. The Morgan fingerprint density at radius 3 is 2.61 bits per heavy atom. The highest BCUT2D eigenvalue weighted by Gasteiger charge is 2.32. The van der Waals surface area contributed by atoms with Gasteiger partial charge in [0.25, 0.3) is 0 Å². The van der Waals surface area contributed by atoms with Crippen molar-refractivity contribution in [2.75, 3.05) is 18.0 Å². The molecule has 0 radical (unpaired) electrons. The van der Waals surface area contributed by atoms with Gasteiger partial charge in [-0.1, -0.05) is 0 Å². The number of aromatic nitrogens is 5. The van der Waals surface area contributed by atoms with Crippen molar-refractivity contribution in [1.82, 2.24) is 24.4 Å². The molecule has 1 fully saturated rings. The van der Waals surface area contributed by atoms with E-state index in [1.807, 2.05) is 42.5 Å². The molecule has 0 saturated carbocycles. The molecule has 0 aliphatic carbocycles. The normalized spacial score (nSPS) is 13.6. The summed E-state index contributed by atoms with van der Waals surface area (Å²) < 4.78 is 3.46. The highest BCUT2D eigenvalue weighted by atomic mass is 16.1. The average Bonchev–Trinajstić information content (AvgIpc) is 3.38. The smallest absolute Gasteiger partial charge is 0.211 e.